The highest BCUT2D eigenvalue weighted by Gasteiger charge is 2.18. The molecule has 0 aliphatic heterocycles. The third kappa shape index (κ3) is 6.89. The third-order valence-corrected chi connectivity index (χ3v) is 6.51. The molecule has 0 fully saturated rings. The zero-order valence-electron chi connectivity index (χ0n) is 21.0. The zero-order chi connectivity index (χ0) is 28.1. The molecule has 0 bridgehead atoms. The lowest BCUT2D eigenvalue weighted by atomic mass is 9.96. The molecule has 0 heterocycles. The highest BCUT2D eigenvalue weighted by atomic mass is 19.3. The lowest BCUT2D eigenvalue weighted by Crippen LogP contribution is -2.07. The number of halogens is 7. The number of benzene rings is 4. The highest BCUT2D eigenvalue weighted by Crippen LogP contribution is 2.28. The van der Waals surface area contributed by atoms with Crippen LogP contribution in [0.3, 0.4) is 0 Å². The summed E-state index contributed by atoms with van der Waals surface area (Å²) < 4.78 is 106. The lowest BCUT2D eigenvalue weighted by Gasteiger charge is -2.11. The average Bonchev–Trinajstić information content (AvgIpc) is 2.88. The fraction of sp³-hybridized carbons (Fsp3) is 0.267. The van der Waals surface area contributed by atoms with E-state index in [0.29, 0.717) is 41.3 Å². The first-order chi connectivity index (χ1) is 18.7. The SMILES string of the molecule is COCCc1cc(F)c(CCc2ccc3c(F)c(CCc4cc(F)c(OC(F)F)c(F)c4)ccc3c2)c(F)c1. The standard InChI is InChI=1S/C30H25F7O2/c1-38-11-10-19-13-24(31)23(25(32)14-19)9-4-17-3-8-22-21(12-17)7-6-20(28(22)35)5-2-18-15-26(33)29(27(34)16-18)39-30(36)37/h3,6-8,12-16,30H,2,4-5,9-11H2,1H3. The van der Waals surface area contributed by atoms with Crippen molar-refractivity contribution in [3.05, 3.63) is 112 Å². The number of hydrogen-bond acceptors (Lipinski definition) is 2. The van der Waals surface area contributed by atoms with Gasteiger partial charge in [0.15, 0.2) is 17.4 Å². The van der Waals surface area contributed by atoms with E-state index < -0.39 is 41.4 Å². The van der Waals surface area contributed by atoms with Crippen LogP contribution < -0.4 is 4.74 Å². The number of ether oxygens (including phenoxy) is 2. The first-order valence-corrected chi connectivity index (χ1v) is 12.2. The molecule has 206 valence electrons. The fourth-order valence-corrected chi connectivity index (χ4v) is 4.50. The normalized spacial score (nSPS) is 11.5. The summed E-state index contributed by atoms with van der Waals surface area (Å²) in [6.07, 6.45) is 1.04. The topological polar surface area (TPSA) is 18.5 Å². The van der Waals surface area contributed by atoms with Crippen molar-refractivity contribution in [1.82, 2.24) is 0 Å². The van der Waals surface area contributed by atoms with Gasteiger partial charge in [-0.2, -0.15) is 8.78 Å². The Morgan fingerprint density at radius 2 is 1.26 bits per heavy atom. The van der Waals surface area contributed by atoms with Crippen LogP contribution in [0.2, 0.25) is 0 Å². The van der Waals surface area contributed by atoms with Gasteiger partial charge in [0, 0.05) is 18.1 Å². The predicted molar refractivity (Wildman–Crippen MR) is 134 cm³/mol. The van der Waals surface area contributed by atoms with E-state index in [-0.39, 0.29) is 30.4 Å². The minimum atomic E-state index is -3.37. The molecular formula is C30H25F7O2. The second-order valence-corrected chi connectivity index (χ2v) is 9.14. The second kappa shape index (κ2) is 12.5. The van der Waals surface area contributed by atoms with Crippen molar-refractivity contribution in [2.24, 2.45) is 0 Å². The van der Waals surface area contributed by atoms with Gasteiger partial charge in [0.05, 0.1) is 6.61 Å². The second-order valence-electron chi connectivity index (χ2n) is 9.14. The third-order valence-electron chi connectivity index (χ3n) is 6.51. The van der Waals surface area contributed by atoms with Crippen LogP contribution in [-0.2, 0) is 36.8 Å². The Balaban J connectivity index is 1.45. The van der Waals surface area contributed by atoms with Gasteiger partial charge in [0.25, 0.3) is 0 Å². The van der Waals surface area contributed by atoms with Gasteiger partial charge in [-0.15, -0.1) is 0 Å². The van der Waals surface area contributed by atoms with Gasteiger partial charge in [-0.3, -0.25) is 0 Å². The molecule has 4 aromatic rings. The van der Waals surface area contributed by atoms with Crippen molar-refractivity contribution in [2.75, 3.05) is 13.7 Å². The quantitative estimate of drug-likeness (QED) is 0.177. The molecule has 39 heavy (non-hydrogen) atoms. The Hall–Kier alpha value is -3.59. The van der Waals surface area contributed by atoms with Gasteiger partial charge >= 0.3 is 6.61 Å². The lowest BCUT2D eigenvalue weighted by molar-refractivity contribution is -0.0546. The molecule has 2 nitrogen and oxygen atoms in total. The molecule has 0 spiro atoms. The van der Waals surface area contributed by atoms with Crippen molar-refractivity contribution < 1.29 is 40.2 Å². The number of aryl methyl sites for hydroxylation is 3. The van der Waals surface area contributed by atoms with E-state index in [1.54, 1.807) is 30.3 Å². The maximum Gasteiger partial charge on any atom is 0.387 e. The van der Waals surface area contributed by atoms with E-state index in [1.165, 1.54) is 19.2 Å². The monoisotopic (exact) mass is 550 g/mol. The summed E-state index contributed by atoms with van der Waals surface area (Å²) in [4.78, 5) is 0. The van der Waals surface area contributed by atoms with Crippen LogP contribution in [0.25, 0.3) is 10.8 Å². The largest absolute Gasteiger partial charge is 0.429 e. The summed E-state index contributed by atoms with van der Waals surface area (Å²) in [7, 11) is 1.51. The summed E-state index contributed by atoms with van der Waals surface area (Å²) in [6.45, 7) is -3.01. The molecule has 4 aromatic carbocycles. The molecule has 0 N–H and O–H groups in total. The Morgan fingerprint density at radius 1 is 0.641 bits per heavy atom. The molecule has 9 heteroatoms. The van der Waals surface area contributed by atoms with E-state index in [4.69, 9.17) is 4.74 Å². The van der Waals surface area contributed by atoms with Crippen molar-refractivity contribution in [2.45, 2.75) is 38.7 Å². The van der Waals surface area contributed by atoms with Crippen molar-refractivity contribution >= 4 is 10.8 Å². The Morgan fingerprint density at radius 3 is 1.90 bits per heavy atom. The van der Waals surface area contributed by atoms with Gasteiger partial charge in [-0.1, -0.05) is 30.3 Å². The number of fused-ring (bicyclic) bond motifs is 1. The van der Waals surface area contributed by atoms with Crippen LogP contribution >= 0.6 is 0 Å². The van der Waals surface area contributed by atoms with Crippen molar-refractivity contribution in [1.29, 1.82) is 0 Å². The average molecular weight is 551 g/mol. The van der Waals surface area contributed by atoms with Gasteiger partial charge in [0.2, 0.25) is 0 Å². The molecule has 0 aromatic heterocycles. The van der Waals surface area contributed by atoms with Crippen LogP contribution in [0.5, 0.6) is 5.75 Å². The molecule has 0 saturated heterocycles. The molecular weight excluding hydrogens is 525 g/mol. The molecule has 0 aliphatic carbocycles. The summed E-state index contributed by atoms with van der Waals surface area (Å²) in [5.41, 5.74) is 1.74. The number of methoxy groups -OCH3 is 1. The van der Waals surface area contributed by atoms with E-state index in [1.807, 2.05) is 0 Å². The number of alkyl halides is 2. The molecule has 0 unspecified atom stereocenters. The summed E-state index contributed by atoms with van der Waals surface area (Å²) >= 11 is 0. The zero-order valence-corrected chi connectivity index (χ0v) is 21.0. The first-order valence-electron chi connectivity index (χ1n) is 12.2. The van der Waals surface area contributed by atoms with Crippen LogP contribution in [0.4, 0.5) is 30.7 Å². The summed E-state index contributed by atoms with van der Waals surface area (Å²) in [5.74, 6) is -5.42. The first kappa shape index (κ1) is 28.4. The number of rotatable bonds is 11. The molecule has 0 radical (unpaired) electrons. The minimum Gasteiger partial charge on any atom is -0.429 e. The number of hydrogen-bond donors (Lipinski definition) is 0. The van der Waals surface area contributed by atoms with Gasteiger partial charge in [-0.05, 0) is 84.0 Å². The molecule has 0 amide bonds. The highest BCUT2D eigenvalue weighted by molar-refractivity contribution is 5.84. The van der Waals surface area contributed by atoms with Gasteiger partial charge in [-0.25, -0.2) is 22.0 Å². The maximum absolute atomic E-state index is 15.2. The van der Waals surface area contributed by atoms with E-state index in [2.05, 4.69) is 4.74 Å². The van der Waals surface area contributed by atoms with Gasteiger partial charge in [0.1, 0.15) is 17.5 Å². The summed E-state index contributed by atoms with van der Waals surface area (Å²) in [5, 5.41) is 0.921. The minimum absolute atomic E-state index is 0.0144. The Labute approximate surface area is 221 Å². The van der Waals surface area contributed by atoms with Crippen LogP contribution in [0.15, 0.2) is 54.6 Å². The molecule has 4 rings (SSSR count). The summed E-state index contributed by atoms with van der Waals surface area (Å²) in [6, 6.07) is 12.6. The maximum atomic E-state index is 15.2. The van der Waals surface area contributed by atoms with Crippen LogP contribution in [0, 0.1) is 29.1 Å². The van der Waals surface area contributed by atoms with E-state index in [9.17, 15) is 26.3 Å². The smallest absolute Gasteiger partial charge is 0.387 e. The molecule has 0 saturated carbocycles. The van der Waals surface area contributed by atoms with Gasteiger partial charge < -0.3 is 9.47 Å². The van der Waals surface area contributed by atoms with Crippen molar-refractivity contribution in [3.63, 3.8) is 0 Å². The molecule has 0 aliphatic rings. The van der Waals surface area contributed by atoms with Crippen LogP contribution in [-0.4, -0.2) is 20.3 Å². The predicted octanol–water partition coefficient (Wildman–Crippen LogP) is 7.90. The van der Waals surface area contributed by atoms with E-state index >= 15 is 4.39 Å². The Bertz CT molecular complexity index is 1420. The van der Waals surface area contributed by atoms with Crippen LogP contribution in [0.1, 0.15) is 27.8 Å². The van der Waals surface area contributed by atoms with E-state index in [0.717, 1.165) is 17.7 Å². The molecule has 0 atom stereocenters. The fourth-order valence-electron chi connectivity index (χ4n) is 4.50. The van der Waals surface area contributed by atoms with Crippen molar-refractivity contribution in [3.8, 4) is 5.75 Å². The Kier molecular flexibility index (Phi) is 9.12.